The number of furan rings is 1. The molecule has 0 aliphatic heterocycles. The quantitative estimate of drug-likeness (QED) is 0.400. The van der Waals surface area contributed by atoms with Gasteiger partial charge in [0.05, 0.1) is 7.11 Å². The lowest BCUT2D eigenvalue weighted by atomic mass is 10.1. The summed E-state index contributed by atoms with van der Waals surface area (Å²) in [5, 5.41) is 0. The summed E-state index contributed by atoms with van der Waals surface area (Å²) in [5.41, 5.74) is 0.747. The number of aromatic amines is 1. The first-order valence-corrected chi connectivity index (χ1v) is 10.1. The Labute approximate surface area is 184 Å². The Morgan fingerprint density at radius 1 is 1.10 bits per heavy atom. The Balaban J connectivity index is 1.67. The van der Waals surface area contributed by atoms with E-state index in [-0.39, 0.29) is 28.8 Å². The van der Waals surface area contributed by atoms with E-state index < -0.39 is 11.3 Å². The van der Waals surface area contributed by atoms with Crippen LogP contribution in [-0.4, -0.2) is 22.9 Å². The maximum atomic E-state index is 13.1. The van der Waals surface area contributed by atoms with Crippen LogP contribution in [0.15, 0.2) is 74.3 Å². The van der Waals surface area contributed by atoms with Gasteiger partial charge in [-0.3, -0.25) is 9.59 Å². The fourth-order valence-corrected chi connectivity index (χ4v) is 3.33. The zero-order chi connectivity index (χ0) is 22.0. The number of hydrogen-bond acceptors (Lipinski definition) is 5. The third-order valence-corrected chi connectivity index (χ3v) is 5.12. The van der Waals surface area contributed by atoms with Gasteiger partial charge in [0.25, 0.3) is 11.3 Å². The van der Waals surface area contributed by atoms with Crippen LogP contribution in [0.25, 0.3) is 11.4 Å². The van der Waals surface area contributed by atoms with Gasteiger partial charge in [0, 0.05) is 16.5 Å². The van der Waals surface area contributed by atoms with Gasteiger partial charge in [-0.1, -0.05) is 40.2 Å². The highest BCUT2D eigenvalue weighted by Gasteiger charge is 2.24. The zero-order valence-corrected chi connectivity index (χ0v) is 17.9. The van der Waals surface area contributed by atoms with E-state index in [1.807, 2.05) is 0 Å². The monoisotopic (exact) mass is 482 g/mol. The van der Waals surface area contributed by atoms with Gasteiger partial charge in [-0.05, 0) is 42.0 Å². The zero-order valence-electron chi connectivity index (χ0n) is 16.3. The fourth-order valence-electron chi connectivity index (χ4n) is 3.07. The number of carbonyl (C=O) groups is 1. The third-order valence-electron chi connectivity index (χ3n) is 4.59. The van der Waals surface area contributed by atoms with E-state index in [1.54, 1.807) is 42.5 Å². The molecule has 4 aromatic rings. The second-order valence-electron chi connectivity index (χ2n) is 6.70. The van der Waals surface area contributed by atoms with Crippen LogP contribution in [0.1, 0.15) is 27.6 Å². The number of H-pyrrole nitrogens is 1. The first kappa shape index (κ1) is 20.7. The molecule has 0 atom stereocenters. The Kier molecular flexibility index (Phi) is 5.81. The lowest BCUT2D eigenvalue weighted by Gasteiger charge is -2.08. The number of ketones is 1. The van der Waals surface area contributed by atoms with Gasteiger partial charge in [-0.2, -0.15) is 0 Å². The average molecular weight is 483 g/mol. The topological polar surface area (TPSA) is 85.2 Å². The third kappa shape index (κ3) is 4.49. The van der Waals surface area contributed by atoms with E-state index in [4.69, 9.17) is 9.15 Å². The number of benzene rings is 2. The second kappa shape index (κ2) is 8.69. The van der Waals surface area contributed by atoms with Crippen LogP contribution in [0.3, 0.4) is 0 Å². The molecular formula is C23H16BrFN2O4. The van der Waals surface area contributed by atoms with Crippen LogP contribution in [0.2, 0.25) is 0 Å². The van der Waals surface area contributed by atoms with Crippen molar-refractivity contribution < 1.29 is 18.3 Å². The van der Waals surface area contributed by atoms with Crippen molar-refractivity contribution in [2.45, 2.75) is 6.42 Å². The molecule has 0 saturated heterocycles. The molecule has 1 N–H and O–H groups in total. The second-order valence-corrected chi connectivity index (χ2v) is 7.62. The molecule has 2 aromatic carbocycles. The van der Waals surface area contributed by atoms with E-state index in [9.17, 15) is 14.0 Å². The molecule has 0 aliphatic rings. The number of hydrogen-bond donors (Lipinski definition) is 1. The van der Waals surface area contributed by atoms with Crippen molar-refractivity contribution in [1.82, 2.24) is 9.97 Å². The number of halogens is 2. The minimum atomic E-state index is -0.577. The van der Waals surface area contributed by atoms with Gasteiger partial charge < -0.3 is 14.1 Å². The van der Waals surface area contributed by atoms with Gasteiger partial charge in [-0.25, -0.2) is 9.37 Å². The highest BCUT2D eigenvalue weighted by molar-refractivity contribution is 9.10. The first-order valence-electron chi connectivity index (χ1n) is 9.26. The predicted octanol–water partition coefficient (Wildman–Crippen LogP) is 4.76. The van der Waals surface area contributed by atoms with Crippen molar-refractivity contribution in [2.24, 2.45) is 0 Å². The molecule has 0 radical (unpaired) electrons. The summed E-state index contributed by atoms with van der Waals surface area (Å²) in [7, 11) is 1.30. The molecular weight excluding hydrogens is 467 g/mol. The molecule has 6 nitrogen and oxygen atoms in total. The van der Waals surface area contributed by atoms with Crippen molar-refractivity contribution >= 4 is 21.7 Å². The van der Waals surface area contributed by atoms with Gasteiger partial charge in [0.2, 0.25) is 5.75 Å². The summed E-state index contributed by atoms with van der Waals surface area (Å²) in [4.78, 5) is 32.5. The largest absolute Gasteiger partial charge is 0.489 e. The number of aromatic nitrogens is 2. The molecule has 0 bridgehead atoms. The van der Waals surface area contributed by atoms with Crippen LogP contribution in [0, 0.1) is 5.82 Å². The van der Waals surface area contributed by atoms with E-state index in [1.165, 1.54) is 25.3 Å². The van der Waals surface area contributed by atoms with E-state index >= 15 is 0 Å². The standard InChI is InChI=1S/C23H16BrFN2O4/c1-30-21-19(26-22(27-23(21)29)14-4-6-15(24)7-5-14)20(28)18-11-10-17(31-18)12-13-2-8-16(25)9-3-13/h2-11H,12H2,1H3,(H,26,27,29). The van der Waals surface area contributed by atoms with Gasteiger partial charge in [-0.15, -0.1) is 0 Å². The smallest absolute Gasteiger partial charge is 0.294 e. The average Bonchev–Trinajstić information content (AvgIpc) is 3.23. The molecule has 0 fully saturated rings. The van der Waals surface area contributed by atoms with E-state index in [0.29, 0.717) is 17.7 Å². The van der Waals surface area contributed by atoms with E-state index in [2.05, 4.69) is 25.9 Å². The Hall–Kier alpha value is -3.52. The van der Waals surface area contributed by atoms with Gasteiger partial charge in [0.15, 0.2) is 11.5 Å². The molecule has 156 valence electrons. The number of methoxy groups -OCH3 is 1. The fraction of sp³-hybridized carbons (Fsp3) is 0.0870. The van der Waals surface area contributed by atoms with Crippen LogP contribution >= 0.6 is 15.9 Å². The number of carbonyl (C=O) groups excluding carboxylic acids is 1. The maximum Gasteiger partial charge on any atom is 0.294 e. The molecule has 0 spiro atoms. The lowest BCUT2D eigenvalue weighted by molar-refractivity contribution is 0.0999. The minimum Gasteiger partial charge on any atom is -0.489 e. The van der Waals surface area contributed by atoms with Gasteiger partial charge >= 0.3 is 0 Å². The van der Waals surface area contributed by atoms with Crippen LogP contribution < -0.4 is 10.3 Å². The van der Waals surface area contributed by atoms with Crippen molar-refractivity contribution in [3.05, 3.63) is 104 Å². The molecule has 0 amide bonds. The lowest BCUT2D eigenvalue weighted by Crippen LogP contribution is -2.18. The summed E-state index contributed by atoms with van der Waals surface area (Å²) >= 11 is 3.36. The highest BCUT2D eigenvalue weighted by Crippen LogP contribution is 2.23. The number of nitrogens with one attached hydrogen (secondary N) is 1. The van der Waals surface area contributed by atoms with Crippen molar-refractivity contribution in [2.75, 3.05) is 7.11 Å². The van der Waals surface area contributed by atoms with Crippen LogP contribution in [0.5, 0.6) is 5.75 Å². The maximum absolute atomic E-state index is 13.1. The number of rotatable bonds is 6. The molecule has 2 aromatic heterocycles. The molecule has 0 saturated carbocycles. The summed E-state index contributed by atoms with van der Waals surface area (Å²) in [6.45, 7) is 0. The molecule has 0 aliphatic carbocycles. The van der Waals surface area contributed by atoms with Crippen LogP contribution in [-0.2, 0) is 6.42 Å². The molecule has 4 rings (SSSR count). The Morgan fingerprint density at radius 3 is 2.48 bits per heavy atom. The first-order chi connectivity index (χ1) is 14.9. The molecule has 0 unspecified atom stereocenters. The highest BCUT2D eigenvalue weighted by atomic mass is 79.9. The summed E-state index contributed by atoms with van der Waals surface area (Å²) in [6, 6.07) is 16.3. The van der Waals surface area contributed by atoms with Crippen molar-refractivity contribution in [3.63, 3.8) is 0 Å². The molecule has 2 heterocycles. The number of nitrogens with zero attached hydrogens (tertiary/aromatic N) is 1. The van der Waals surface area contributed by atoms with E-state index in [0.717, 1.165) is 10.0 Å². The SMILES string of the molecule is COc1c(C(=O)c2ccc(Cc3ccc(F)cc3)o2)nc(-c2ccc(Br)cc2)[nH]c1=O. The van der Waals surface area contributed by atoms with Gasteiger partial charge in [0.1, 0.15) is 17.4 Å². The van der Waals surface area contributed by atoms with Crippen molar-refractivity contribution in [1.29, 1.82) is 0 Å². The van der Waals surface area contributed by atoms with Crippen molar-refractivity contribution in [3.8, 4) is 17.1 Å². The molecule has 31 heavy (non-hydrogen) atoms. The normalized spacial score (nSPS) is 10.8. The summed E-state index contributed by atoms with van der Waals surface area (Å²) in [6.07, 6.45) is 0.387. The Bertz CT molecular complexity index is 1290. The number of ether oxygens (including phenoxy) is 1. The van der Waals surface area contributed by atoms with Crippen LogP contribution in [0.4, 0.5) is 4.39 Å². The minimum absolute atomic E-state index is 0.0234. The Morgan fingerprint density at radius 2 is 1.81 bits per heavy atom. The summed E-state index contributed by atoms with van der Waals surface area (Å²) in [5.74, 6) is -0.316. The predicted molar refractivity (Wildman–Crippen MR) is 116 cm³/mol. The summed E-state index contributed by atoms with van der Waals surface area (Å²) < 4.78 is 24.8. The molecule has 8 heteroatoms.